The molecule has 2 rings (SSSR count). The molecule has 0 amide bonds. The summed E-state index contributed by atoms with van der Waals surface area (Å²) in [5, 5.41) is 2.17. The number of thiophene rings is 1. The normalized spacial score (nSPS) is 38.7. The van der Waals surface area contributed by atoms with E-state index in [2.05, 4.69) is 31.4 Å². The Morgan fingerprint density at radius 1 is 1.54 bits per heavy atom. The molecule has 1 aromatic rings. The van der Waals surface area contributed by atoms with Gasteiger partial charge in [0.1, 0.15) is 0 Å². The number of nitrogens with two attached hydrogens (primary N) is 1. The number of rotatable bonds is 2. The van der Waals surface area contributed by atoms with Crippen molar-refractivity contribution in [3.05, 3.63) is 22.4 Å². The van der Waals surface area contributed by atoms with Crippen LogP contribution >= 0.6 is 11.3 Å². The van der Waals surface area contributed by atoms with Gasteiger partial charge in [0.15, 0.2) is 0 Å². The second kappa shape index (κ2) is 3.43. The molecule has 72 valence electrons. The van der Waals surface area contributed by atoms with E-state index in [-0.39, 0.29) is 0 Å². The average molecular weight is 195 g/mol. The summed E-state index contributed by atoms with van der Waals surface area (Å²) in [5.74, 6) is 2.12. The molecule has 13 heavy (non-hydrogen) atoms. The molecule has 0 spiro atoms. The number of hydrogen-bond acceptors (Lipinski definition) is 2. The lowest BCUT2D eigenvalue weighted by Gasteiger charge is -2.48. The van der Waals surface area contributed by atoms with Gasteiger partial charge in [-0.15, -0.1) is 11.3 Å². The summed E-state index contributed by atoms with van der Waals surface area (Å²) in [4.78, 5) is 1.53. The Labute approximate surface area is 84.0 Å². The quantitative estimate of drug-likeness (QED) is 0.771. The molecular formula is C11H17NS. The zero-order valence-corrected chi connectivity index (χ0v) is 9.05. The van der Waals surface area contributed by atoms with Crippen molar-refractivity contribution in [2.24, 2.45) is 17.6 Å². The summed E-state index contributed by atoms with van der Waals surface area (Å²) in [7, 11) is 0. The highest BCUT2D eigenvalue weighted by Gasteiger charge is 2.45. The summed E-state index contributed by atoms with van der Waals surface area (Å²) in [5.41, 5.74) is 6.08. The molecule has 1 saturated carbocycles. The summed E-state index contributed by atoms with van der Waals surface area (Å²) in [6.07, 6.45) is 1.22. The van der Waals surface area contributed by atoms with Crippen molar-refractivity contribution >= 4 is 11.3 Å². The van der Waals surface area contributed by atoms with Crippen LogP contribution in [0.25, 0.3) is 0 Å². The van der Waals surface area contributed by atoms with Crippen LogP contribution in [0.3, 0.4) is 0 Å². The van der Waals surface area contributed by atoms with Gasteiger partial charge >= 0.3 is 0 Å². The third-order valence-corrected chi connectivity index (χ3v) is 4.45. The van der Waals surface area contributed by atoms with Gasteiger partial charge in [-0.1, -0.05) is 26.3 Å². The van der Waals surface area contributed by atoms with Crippen LogP contribution < -0.4 is 5.73 Å². The monoisotopic (exact) mass is 195 g/mol. The van der Waals surface area contributed by atoms with Crippen LogP contribution in [0.2, 0.25) is 0 Å². The first-order chi connectivity index (χ1) is 6.25. The third kappa shape index (κ3) is 1.32. The van der Waals surface area contributed by atoms with Gasteiger partial charge in [0.2, 0.25) is 0 Å². The van der Waals surface area contributed by atoms with Crippen LogP contribution in [-0.4, -0.2) is 6.04 Å². The minimum atomic E-state index is 0.428. The molecule has 1 aromatic heterocycles. The van der Waals surface area contributed by atoms with Crippen LogP contribution in [-0.2, 0) is 0 Å². The smallest absolute Gasteiger partial charge is 0.0105 e. The molecule has 2 heteroatoms. The highest BCUT2D eigenvalue weighted by Crippen LogP contribution is 2.49. The summed E-state index contributed by atoms with van der Waals surface area (Å²) < 4.78 is 0. The molecule has 1 fully saturated rings. The number of hydrogen-bond donors (Lipinski definition) is 1. The van der Waals surface area contributed by atoms with Crippen molar-refractivity contribution in [2.45, 2.75) is 32.2 Å². The molecule has 0 aromatic carbocycles. The summed E-state index contributed by atoms with van der Waals surface area (Å²) >= 11 is 1.88. The molecule has 1 nitrogen and oxygen atoms in total. The van der Waals surface area contributed by atoms with Crippen molar-refractivity contribution in [3.8, 4) is 0 Å². The van der Waals surface area contributed by atoms with Crippen molar-refractivity contribution in [1.82, 2.24) is 0 Å². The molecular weight excluding hydrogens is 178 g/mol. The SMILES string of the molecule is CCC1C(N)C(C)C1c1cccs1. The topological polar surface area (TPSA) is 26.0 Å². The van der Waals surface area contributed by atoms with Crippen LogP contribution in [0.4, 0.5) is 0 Å². The highest BCUT2D eigenvalue weighted by atomic mass is 32.1. The Kier molecular flexibility index (Phi) is 2.43. The first-order valence-electron chi connectivity index (χ1n) is 5.04. The van der Waals surface area contributed by atoms with Crippen molar-refractivity contribution in [2.75, 3.05) is 0 Å². The lowest BCUT2D eigenvalue weighted by atomic mass is 9.60. The highest BCUT2D eigenvalue weighted by molar-refractivity contribution is 7.10. The maximum Gasteiger partial charge on any atom is 0.0105 e. The summed E-state index contributed by atoms with van der Waals surface area (Å²) in [6, 6.07) is 4.82. The zero-order valence-electron chi connectivity index (χ0n) is 8.23. The van der Waals surface area contributed by atoms with Gasteiger partial charge in [0.25, 0.3) is 0 Å². The Hall–Kier alpha value is -0.340. The second-order valence-corrected chi connectivity index (χ2v) is 5.03. The van der Waals surface area contributed by atoms with E-state index in [9.17, 15) is 0 Å². The molecule has 0 saturated heterocycles. The molecule has 1 aliphatic rings. The predicted octanol–water partition coefficient (Wildman–Crippen LogP) is 2.83. The van der Waals surface area contributed by atoms with Gasteiger partial charge in [-0.3, -0.25) is 0 Å². The van der Waals surface area contributed by atoms with E-state index in [0.717, 1.165) is 5.92 Å². The average Bonchev–Trinajstić information content (AvgIpc) is 2.64. The van der Waals surface area contributed by atoms with E-state index in [1.807, 2.05) is 11.3 Å². The Balaban J connectivity index is 2.16. The molecule has 2 N–H and O–H groups in total. The Morgan fingerprint density at radius 3 is 2.85 bits per heavy atom. The van der Waals surface area contributed by atoms with Crippen LogP contribution in [0.1, 0.15) is 31.1 Å². The Morgan fingerprint density at radius 2 is 2.31 bits per heavy atom. The standard InChI is InChI=1S/C11H17NS/c1-3-8-10(7(2)11(8)12)9-5-4-6-13-9/h4-8,10-11H,3,12H2,1-2H3. The summed E-state index contributed by atoms with van der Waals surface area (Å²) in [6.45, 7) is 4.53. The van der Waals surface area contributed by atoms with Crippen LogP contribution in [0.5, 0.6) is 0 Å². The largest absolute Gasteiger partial charge is 0.327 e. The van der Waals surface area contributed by atoms with E-state index < -0.39 is 0 Å². The van der Waals surface area contributed by atoms with Crippen LogP contribution in [0.15, 0.2) is 17.5 Å². The van der Waals surface area contributed by atoms with Gasteiger partial charge in [-0.05, 0) is 23.3 Å². The zero-order chi connectivity index (χ0) is 9.42. The van der Waals surface area contributed by atoms with E-state index in [1.54, 1.807) is 0 Å². The van der Waals surface area contributed by atoms with Gasteiger partial charge in [0.05, 0.1) is 0 Å². The molecule has 0 aliphatic heterocycles. The van der Waals surface area contributed by atoms with Gasteiger partial charge < -0.3 is 5.73 Å². The molecule has 4 atom stereocenters. The maximum absolute atomic E-state index is 6.08. The van der Waals surface area contributed by atoms with Crippen molar-refractivity contribution in [1.29, 1.82) is 0 Å². The lowest BCUT2D eigenvalue weighted by Crippen LogP contribution is -2.53. The van der Waals surface area contributed by atoms with Crippen molar-refractivity contribution in [3.63, 3.8) is 0 Å². The Bertz CT molecular complexity index is 268. The molecule has 1 heterocycles. The predicted molar refractivity (Wildman–Crippen MR) is 58.0 cm³/mol. The van der Waals surface area contributed by atoms with E-state index in [4.69, 9.17) is 5.73 Å². The van der Waals surface area contributed by atoms with Gasteiger partial charge in [0, 0.05) is 16.8 Å². The fourth-order valence-corrected chi connectivity index (χ4v) is 3.61. The first-order valence-corrected chi connectivity index (χ1v) is 5.92. The van der Waals surface area contributed by atoms with Gasteiger partial charge in [-0.25, -0.2) is 0 Å². The molecule has 0 bridgehead atoms. The minimum absolute atomic E-state index is 0.428. The third-order valence-electron chi connectivity index (χ3n) is 3.47. The minimum Gasteiger partial charge on any atom is -0.327 e. The first kappa shape index (κ1) is 9.22. The maximum atomic E-state index is 6.08. The van der Waals surface area contributed by atoms with Crippen molar-refractivity contribution < 1.29 is 0 Å². The van der Waals surface area contributed by atoms with E-state index in [0.29, 0.717) is 17.9 Å². The van der Waals surface area contributed by atoms with E-state index in [1.165, 1.54) is 11.3 Å². The lowest BCUT2D eigenvalue weighted by molar-refractivity contribution is 0.112. The van der Waals surface area contributed by atoms with Crippen LogP contribution in [0, 0.1) is 11.8 Å². The fourth-order valence-electron chi connectivity index (χ4n) is 2.59. The van der Waals surface area contributed by atoms with Gasteiger partial charge in [-0.2, -0.15) is 0 Å². The fraction of sp³-hybridized carbons (Fsp3) is 0.636. The molecule has 4 unspecified atom stereocenters. The molecule has 0 radical (unpaired) electrons. The molecule has 1 aliphatic carbocycles. The second-order valence-electron chi connectivity index (χ2n) is 4.05. The van der Waals surface area contributed by atoms with E-state index >= 15 is 0 Å².